The van der Waals surface area contributed by atoms with Crippen molar-refractivity contribution in [1.82, 2.24) is 19.6 Å². The minimum Gasteiger partial charge on any atom is -0.368 e. The molecule has 0 saturated carbocycles. The van der Waals surface area contributed by atoms with E-state index in [4.69, 9.17) is 0 Å². The van der Waals surface area contributed by atoms with Crippen molar-refractivity contribution >= 4 is 27.6 Å². The largest absolute Gasteiger partial charge is 0.368 e. The molecule has 0 unspecified atom stereocenters. The van der Waals surface area contributed by atoms with Crippen molar-refractivity contribution < 1.29 is 13.2 Å². The molecule has 1 aromatic heterocycles. The summed E-state index contributed by atoms with van der Waals surface area (Å²) in [6.07, 6.45) is 2.36. The van der Waals surface area contributed by atoms with Crippen molar-refractivity contribution in [2.45, 2.75) is 24.7 Å². The van der Waals surface area contributed by atoms with Crippen LogP contribution < -0.4 is 15.5 Å². The Morgan fingerprint density at radius 2 is 1.77 bits per heavy atom. The molecule has 30 heavy (non-hydrogen) atoms. The Balaban J connectivity index is 1.51. The molecular weight excluding hydrogens is 404 g/mol. The maximum atomic E-state index is 12.3. The minimum atomic E-state index is -3.51. The summed E-state index contributed by atoms with van der Waals surface area (Å²) in [5, 5.41) is 6.04. The molecule has 10 heteroatoms. The van der Waals surface area contributed by atoms with Gasteiger partial charge in [-0.3, -0.25) is 4.79 Å². The Morgan fingerprint density at radius 1 is 1.10 bits per heavy atom. The predicted octanol–water partition coefficient (Wildman–Crippen LogP) is 1.48. The molecule has 0 atom stereocenters. The molecule has 0 spiro atoms. The van der Waals surface area contributed by atoms with Crippen LogP contribution in [0.1, 0.15) is 29.0 Å². The molecule has 1 aromatic carbocycles. The molecular formula is C20H28N6O3S. The van der Waals surface area contributed by atoms with Crippen LogP contribution in [0, 0.1) is 6.92 Å². The third kappa shape index (κ3) is 5.25. The smallest absolute Gasteiger partial charge is 0.251 e. The maximum Gasteiger partial charge on any atom is 0.251 e. The lowest BCUT2D eigenvalue weighted by Crippen LogP contribution is -2.29. The van der Waals surface area contributed by atoms with Crippen LogP contribution in [-0.2, 0) is 10.0 Å². The van der Waals surface area contributed by atoms with Crippen molar-refractivity contribution in [3.63, 3.8) is 0 Å². The molecule has 1 amide bonds. The first kappa shape index (κ1) is 22.0. The first-order valence-electron chi connectivity index (χ1n) is 9.92. The van der Waals surface area contributed by atoms with Crippen LogP contribution in [0.2, 0.25) is 0 Å². The second kappa shape index (κ2) is 9.40. The zero-order valence-corrected chi connectivity index (χ0v) is 18.4. The molecule has 1 saturated heterocycles. The number of carbonyl (C=O) groups is 1. The summed E-state index contributed by atoms with van der Waals surface area (Å²) in [4.78, 5) is 23.6. The van der Waals surface area contributed by atoms with E-state index in [0.29, 0.717) is 24.5 Å². The molecule has 0 radical (unpaired) electrons. The normalized spacial score (nSPS) is 14.2. The Labute approximate surface area is 177 Å². The quantitative estimate of drug-likeness (QED) is 0.608. The minimum absolute atomic E-state index is 0.152. The van der Waals surface area contributed by atoms with E-state index in [-0.39, 0.29) is 10.8 Å². The highest BCUT2D eigenvalue weighted by Gasteiger charge is 2.18. The molecule has 9 nitrogen and oxygen atoms in total. The second-order valence-electron chi connectivity index (χ2n) is 7.35. The summed E-state index contributed by atoms with van der Waals surface area (Å²) in [7, 11) is -0.571. The number of nitrogens with zero attached hydrogens (tertiary/aromatic N) is 4. The van der Waals surface area contributed by atoms with Gasteiger partial charge in [-0.15, -0.1) is 0 Å². The van der Waals surface area contributed by atoms with E-state index < -0.39 is 10.0 Å². The van der Waals surface area contributed by atoms with Crippen molar-refractivity contribution in [3.05, 3.63) is 41.7 Å². The molecule has 0 bridgehead atoms. The van der Waals surface area contributed by atoms with Crippen LogP contribution in [0.5, 0.6) is 0 Å². The topological polar surface area (TPSA) is 108 Å². The van der Waals surface area contributed by atoms with Gasteiger partial charge in [0.1, 0.15) is 17.5 Å². The van der Waals surface area contributed by atoms with Crippen LogP contribution in [0.15, 0.2) is 35.2 Å². The van der Waals surface area contributed by atoms with Crippen molar-refractivity contribution in [2.75, 3.05) is 50.5 Å². The standard InChI is InChI=1S/C20H28N6O3S/c1-15-23-18(14-19(24-15)26-12-4-5-13-26)21-10-11-22-20(27)16-6-8-17(9-7-16)30(28,29)25(2)3/h6-9,14H,4-5,10-13H2,1-3H3,(H,22,27)(H,21,23,24). The fourth-order valence-corrected chi connectivity index (χ4v) is 4.11. The van der Waals surface area contributed by atoms with Crippen LogP contribution in [0.25, 0.3) is 0 Å². The van der Waals surface area contributed by atoms with Gasteiger partial charge in [-0.25, -0.2) is 22.7 Å². The lowest BCUT2D eigenvalue weighted by Gasteiger charge is -2.17. The van der Waals surface area contributed by atoms with Crippen LogP contribution in [0.4, 0.5) is 11.6 Å². The zero-order chi connectivity index (χ0) is 21.7. The van der Waals surface area contributed by atoms with Gasteiger partial charge in [0, 0.05) is 51.9 Å². The number of rotatable bonds is 8. The first-order valence-corrected chi connectivity index (χ1v) is 11.4. The zero-order valence-electron chi connectivity index (χ0n) is 17.6. The fraction of sp³-hybridized carbons (Fsp3) is 0.450. The van der Waals surface area contributed by atoms with Gasteiger partial charge in [-0.05, 0) is 44.0 Å². The lowest BCUT2D eigenvalue weighted by molar-refractivity contribution is 0.0955. The number of nitrogens with one attached hydrogen (secondary N) is 2. The number of anilines is 2. The first-order chi connectivity index (χ1) is 14.3. The Kier molecular flexibility index (Phi) is 6.88. The van der Waals surface area contributed by atoms with E-state index >= 15 is 0 Å². The maximum absolute atomic E-state index is 12.3. The van der Waals surface area contributed by atoms with Crippen molar-refractivity contribution in [1.29, 1.82) is 0 Å². The predicted molar refractivity (Wildman–Crippen MR) is 116 cm³/mol. The summed E-state index contributed by atoms with van der Waals surface area (Å²) in [6, 6.07) is 7.83. The Bertz CT molecular complexity index is 986. The summed E-state index contributed by atoms with van der Waals surface area (Å²) in [6.45, 7) is 4.81. The number of sulfonamides is 1. The van der Waals surface area contributed by atoms with Crippen LogP contribution in [0.3, 0.4) is 0 Å². The molecule has 3 rings (SSSR count). The van der Waals surface area contributed by atoms with E-state index in [9.17, 15) is 13.2 Å². The average molecular weight is 433 g/mol. The van der Waals surface area contributed by atoms with Gasteiger partial charge >= 0.3 is 0 Å². The average Bonchev–Trinajstić information content (AvgIpc) is 3.25. The molecule has 0 aliphatic carbocycles. The van der Waals surface area contributed by atoms with Crippen molar-refractivity contribution in [2.24, 2.45) is 0 Å². The third-order valence-corrected chi connectivity index (χ3v) is 6.70. The molecule has 2 heterocycles. The molecule has 1 fully saturated rings. The third-order valence-electron chi connectivity index (χ3n) is 4.87. The molecule has 2 N–H and O–H groups in total. The molecule has 162 valence electrons. The van der Waals surface area contributed by atoms with Gasteiger partial charge < -0.3 is 15.5 Å². The van der Waals surface area contributed by atoms with E-state index in [0.717, 1.165) is 29.0 Å². The number of hydrogen-bond acceptors (Lipinski definition) is 7. The summed E-state index contributed by atoms with van der Waals surface area (Å²) >= 11 is 0. The van der Waals surface area contributed by atoms with Crippen molar-refractivity contribution in [3.8, 4) is 0 Å². The van der Waals surface area contributed by atoms with Gasteiger partial charge in [0.2, 0.25) is 10.0 Å². The van der Waals surface area contributed by atoms with Gasteiger partial charge in [0.05, 0.1) is 4.90 Å². The van der Waals surface area contributed by atoms with Crippen LogP contribution in [-0.4, -0.2) is 68.9 Å². The summed E-state index contributed by atoms with van der Waals surface area (Å²) in [5.41, 5.74) is 0.405. The van der Waals surface area contributed by atoms with Gasteiger partial charge in [-0.1, -0.05) is 0 Å². The monoisotopic (exact) mass is 432 g/mol. The van der Waals surface area contributed by atoms with Crippen LogP contribution >= 0.6 is 0 Å². The lowest BCUT2D eigenvalue weighted by atomic mass is 10.2. The SMILES string of the molecule is Cc1nc(NCCNC(=O)c2ccc(S(=O)(=O)N(C)C)cc2)cc(N2CCCC2)n1. The molecule has 1 aliphatic rings. The highest BCUT2D eigenvalue weighted by Crippen LogP contribution is 2.20. The highest BCUT2D eigenvalue weighted by atomic mass is 32.2. The number of carbonyl (C=O) groups excluding carboxylic acids is 1. The molecule has 1 aliphatic heterocycles. The highest BCUT2D eigenvalue weighted by molar-refractivity contribution is 7.89. The summed E-state index contributed by atoms with van der Waals surface area (Å²) in [5.74, 6) is 2.11. The number of aryl methyl sites for hydroxylation is 1. The number of aromatic nitrogens is 2. The van der Waals surface area contributed by atoms with E-state index in [1.54, 1.807) is 0 Å². The summed E-state index contributed by atoms with van der Waals surface area (Å²) < 4.78 is 25.3. The van der Waals surface area contributed by atoms with E-state index in [2.05, 4.69) is 25.5 Å². The number of hydrogen-bond donors (Lipinski definition) is 2. The van der Waals surface area contributed by atoms with Gasteiger partial charge in [0.15, 0.2) is 0 Å². The van der Waals surface area contributed by atoms with Gasteiger partial charge in [-0.2, -0.15) is 0 Å². The van der Waals surface area contributed by atoms with Gasteiger partial charge in [0.25, 0.3) is 5.91 Å². The Hall–Kier alpha value is -2.72. The number of benzene rings is 1. The van der Waals surface area contributed by atoms with E-state index in [1.807, 2.05) is 13.0 Å². The second-order valence-corrected chi connectivity index (χ2v) is 9.50. The fourth-order valence-electron chi connectivity index (χ4n) is 3.21. The molecule has 2 aromatic rings. The number of amides is 1. The Morgan fingerprint density at radius 3 is 2.40 bits per heavy atom. The van der Waals surface area contributed by atoms with E-state index in [1.165, 1.54) is 51.2 Å².